The van der Waals surface area contributed by atoms with Gasteiger partial charge in [0.25, 0.3) is 11.8 Å². The minimum atomic E-state index is -3.89. The van der Waals surface area contributed by atoms with Gasteiger partial charge >= 0.3 is 0 Å². The summed E-state index contributed by atoms with van der Waals surface area (Å²) in [5.41, 5.74) is 4.59. The molecular formula is C16H18BrN3O4S3. The molecule has 1 heterocycles. The molecule has 146 valence electrons. The second-order valence-corrected chi connectivity index (χ2v) is 9.89. The Morgan fingerprint density at radius 1 is 1.19 bits per heavy atom. The first-order chi connectivity index (χ1) is 12.8. The summed E-state index contributed by atoms with van der Waals surface area (Å²) in [6.07, 6.45) is 2.13. The van der Waals surface area contributed by atoms with E-state index in [4.69, 9.17) is 0 Å². The van der Waals surface area contributed by atoms with Gasteiger partial charge in [-0.3, -0.25) is 20.4 Å². The summed E-state index contributed by atoms with van der Waals surface area (Å²) in [6, 6.07) is 8.40. The van der Waals surface area contributed by atoms with E-state index in [1.807, 2.05) is 6.26 Å². The van der Waals surface area contributed by atoms with Gasteiger partial charge < -0.3 is 0 Å². The number of nitrogens with one attached hydrogen (secondary N) is 3. The third kappa shape index (κ3) is 6.61. The molecule has 7 nitrogen and oxygen atoms in total. The Kier molecular flexibility index (Phi) is 8.29. The van der Waals surface area contributed by atoms with Gasteiger partial charge in [-0.2, -0.15) is 16.5 Å². The van der Waals surface area contributed by atoms with Crippen LogP contribution in [0.5, 0.6) is 0 Å². The van der Waals surface area contributed by atoms with Crippen molar-refractivity contribution in [3.05, 3.63) is 51.1 Å². The molecule has 2 rings (SSSR count). The Labute approximate surface area is 174 Å². The van der Waals surface area contributed by atoms with Gasteiger partial charge in [-0.25, -0.2) is 8.42 Å². The van der Waals surface area contributed by atoms with Crippen LogP contribution in [-0.4, -0.2) is 38.3 Å². The first-order valence-corrected chi connectivity index (χ1v) is 12.3. The molecule has 0 unspecified atom stereocenters. The van der Waals surface area contributed by atoms with E-state index in [-0.39, 0.29) is 11.3 Å². The Bertz CT molecular complexity index is 871. The summed E-state index contributed by atoms with van der Waals surface area (Å²) in [5, 5.41) is 1.74. The normalized spacial score (nSPS) is 12.4. The minimum absolute atomic E-state index is 0.0512. The topological polar surface area (TPSA) is 104 Å². The molecule has 27 heavy (non-hydrogen) atoms. The van der Waals surface area contributed by atoms with Crippen LogP contribution in [0.3, 0.4) is 0 Å². The van der Waals surface area contributed by atoms with E-state index in [1.165, 1.54) is 35.2 Å². The van der Waals surface area contributed by atoms with Gasteiger partial charge in [0.1, 0.15) is 6.04 Å². The quantitative estimate of drug-likeness (QED) is 0.491. The molecule has 0 aliphatic carbocycles. The van der Waals surface area contributed by atoms with Crippen molar-refractivity contribution in [3.8, 4) is 0 Å². The van der Waals surface area contributed by atoms with Crippen LogP contribution in [0.1, 0.15) is 16.1 Å². The second-order valence-electron chi connectivity index (χ2n) is 5.33. The zero-order valence-electron chi connectivity index (χ0n) is 14.3. The number of halogens is 1. The molecule has 1 aromatic heterocycles. The molecule has 0 saturated carbocycles. The molecule has 3 N–H and O–H groups in total. The lowest BCUT2D eigenvalue weighted by Crippen LogP contribution is -2.52. The van der Waals surface area contributed by atoms with Crippen LogP contribution in [-0.2, 0) is 14.8 Å². The van der Waals surface area contributed by atoms with Crippen molar-refractivity contribution >= 4 is 60.9 Å². The van der Waals surface area contributed by atoms with Crippen molar-refractivity contribution in [3.63, 3.8) is 0 Å². The Morgan fingerprint density at radius 3 is 2.48 bits per heavy atom. The van der Waals surface area contributed by atoms with Crippen molar-refractivity contribution in [1.29, 1.82) is 0 Å². The third-order valence-corrected chi connectivity index (χ3v) is 6.92. The van der Waals surface area contributed by atoms with Crippen LogP contribution in [0.25, 0.3) is 0 Å². The molecule has 2 amide bonds. The zero-order chi connectivity index (χ0) is 19.9. The van der Waals surface area contributed by atoms with Gasteiger partial charge in [-0.15, -0.1) is 11.3 Å². The number of sulfonamides is 1. The number of benzene rings is 1. The lowest BCUT2D eigenvalue weighted by atomic mass is 10.2. The fourth-order valence-electron chi connectivity index (χ4n) is 2.02. The summed E-state index contributed by atoms with van der Waals surface area (Å²) >= 11 is 5.97. The van der Waals surface area contributed by atoms with Crippen molar-refractivity contribution in [2.75, 3.05) is 12.0 Å². The van der Waals surface area contributed by atoms with Gasteiger partial charge in [-0.05, 0) is 54.1 Å². The van der Waals surface area contributed by atoms with Crippen LogP contribution in [0.15, 0.2) is 51.1 Å². The Hall–Kier alpha value is -1.40. The molecule has 0 saturated heterocycles. The van der Waals surface area contributed by atoms with Gasteiger partial charge in [0.15, 0.2) is 0 Å². The summed E-state index contributed by atoms with van der Waals surface area (Å²) in [6.45, 7) is 0. The molecule has 1 atom stereocenters. The van der Waals surface area contributed by atoms with E-state index in [9.17, 15) is 18.0 Å². The van der Waals surface area contributed by atoms with Gasteiger partial charge in [0.05, 0.1) is 9.77 Å². The number of thiophene rings is 1. The number of thioether (sulfide) groups is 1. The SMILES string of the molecule is CSCC[C@@H](NS(=O)(=O)c1ccc(Br)cc1)C(=O)NNC(=O)c1cccs1. The van der Waals surface area contributed by atoms with Crippen LogP contribution >= 0.6 is 39.0 Å². The third-order valence-electron chi connectivity index (χ3n) is 3.39. The van der Waals surface area contributed by atoms with Gasteiger partial charge in [0, 0.05) is 4.47 Å². The first-order valence-electron chi connectivity index (χ1n) is 7.74. The van der Waals surface area contributed by atoms with Crippen LogP contribution in [0.4, 0.5) is 0 Å². The Balaban J connectivity index is 2.05. The van der Waals surface area contributed by atoms with Crippen molar-refractivity contribution in [2.45, 2.75) is 17.4 Å². The monoisotopic (exact) mass is 491 g/mol. The van der Waals surface area contributed by atoms with E-state index in [2.05, 4.69) is 31.5 Å². The highest BCUT2D eigenvalue weighted by atomic mass is 79.9. The molecule has 11 heteroatoms. The van der Waals surface area contributed by atoms with Crippen molar-refractivity contribution < 1.29 is 18.0 Å². The number of hydrazine groups is 1. The predicted octanol–water partition coefficient (Wildman–Crippen LogP) is 2.37. The lowest BCUT2D eigenvalue weighted by Gasteiger charge is -2.18. The molecule has 0 bridgehead atoms. The number of carbonyl (C=O) groups is 2. The summed E-state index contributed by atoms with van der Waals surface area (Å²) < 4.78 is 28.2. The molecule has 2 aromatic rings. The highest BCUT2D eigenvalue weighted by molar-refractivity contribution is 9.10. The maximum atomic E-state index is 12.5. The van der Waals surface area contributed by atoms with Crippen molar-refractivity contribution in [2.24, 2.45) is 0 Å². The second kappa shape index (κ2) is 10.2. The number of carbonyl (C=O) groups excluding carboxylic acids is 2. The van der Waals surface area contributed by atoms with Crippen molar-refractivity contribution in [1.82, 2.24) is 15.6 Å². The molecule has 0 fully saturated rings. The standard InChI is InChI=1S/C16H18BrN3O4S3/c1-25-10-8-13(15(21)18-19-16(22)14-3-2-9-26-14)20-27(23,24)12-6-4-11(17)5-7-12/h2-7,9,13,20H,8,10H2,1H3,(H,18,21)(H,19,22)/t13-/m1/s1. The average Bonchev–Trinajstić information content (AvgIpc) is 3.18. The predicted molar refractivity (Wildman–Crippen MR) is 111 cm³/mol. The van der Waals surface area contributed by atoms with Crippen LogP contribution in [0, 0.1) is 0 Å². The van der Waals surface area contributed by atoms with Crippen LogP contribution < -0.4 is 15.6 Å². The fourth-order valence-corrected chi connectivity index (χ4v) is 4.61. The van der Waals surface area contributed by atoms with Crippen LogP contribution in [0.2, 0.25) is 0 Å². The molecule has 0 aliphatic rings. The van der Waals surface area contributed by atoms with E-state index in [0.29, 0.717) is 10.6 Å². The number of rotatable bonds is 8. The largest absolute Gasteiger partial charge is 0.279 e. The fraction of sp³-hybridized carbons (Fsp3) is 0.250. The molecule has 1 aromatic carbocycles. The van der Waals surface area contributed by atoms with E-state index in [0.717, 1.165) is 4.47 Å². The molecule has 0 radical (unpaired) electrons. The number of amides is 2. The number of hydrogen-bond acceptors (Lipinski definition) is 6. The maximum Gasteiger partial charge on any atom is 0.279 e. The van der Waals surface area contributed by atoms with E-state index < -0.39 is 27.9 Å². The maximum absolute atomic E-state index is 12.5. The summed E-state index contributed by atoms with van der Waals surface area (Å²) in [7, 11) is -3.89. The first kappa shape index (κ1) is 21.9. The lowest BCUT2D eigenvalue weighted by molar-refractivity contribution is -0.123. The Morgan fingerprint density at radius 2 is 1.89 bits per heavy atom. The summed E-state index contributed by atoms with van der Waals surface area (Å²) in [4.78, 5) is 24.8. The minimum Gasteiger partial charge on any atom is -0.271 e. The van der Waals surface area contributed by atoms with E-state index >= 15 is 0 Å². The zero-order valence-corrected chi connectivity index (χ0v) is 18.3. The highest BCUT2D eigenvalue weighted by Crippen LogP contribution is 2.15. The average molecular weight is 492 g/mol. The number of hydrogen-bond donors (Lipinski definition) is 3. The molecule has 0 spiro atoms. The highest BCUT2D eigenvalue weighted by Gasteiger charge is 2.26. The van der Waals surface area contributed by atoms with Gasteiger partial charge in [0.2, 0.25) is 10.0 Å². The van der Waals surface area contributed by atoms with Gasteiger partial charge in [-0.1, -0.05) is 22.0 Å². The smallest absolute Gasteiger partial charge is 0.271 e. The molecule has 0 aliphatic heterocycles. The summed E-state index contributed by atoms with van der Waals surface area (Å²) in [5.74, 6) is -0.521. The van der Waals surface area contributed by atoms with E-state index in [1.54, 1.807) is 29.6 Å². The molecular weight excluding hydrogens is 474 g/mol.